The molecule has 0 aliphatic carbocycles. The molecule has 0 bridgehead atoms. The molecule has 1 aromatic carbocycles. The lowest BCUT2D eigenvalue weighted by molar-refractivity contribution is -0.122. The molecule has 0 heterocycles. The Morgan fingerprint density at radius 2 is 2.15 bits per heavy atom. The van der Waals surface area contributed by atoms with E-state index < -0.39 is 5.91 Å². The van der Waals surface area contributed by atoms with Crippen molar-refractivity contribution >= 4 is 17.5 Å². The predicted octanol–water partition coefficient (Wildman–Crippen LogP) is 0.797. The molecule has 0 saturated heterocycles. The predicted molar refractivity (Wildman–Crippen MR) is 77.2 cm³/mol. The Balaban J connectivity index is 2.40. The van der Waals surface area contributed by atoms with Crippen LogP contribution >= 0.6 is 0 Å². The van der Waals surface area contributed by atoms with E-state index in [4.69, 9.17) is 10.5 Å². The number of anilines is 1. The van der Waals surface area contributed by atoms with E-state index >= 15 is 0 Å². The van der Waals surface area contributed by atoms with Gasteiger partial charge in [-0.3, -0.25) is 9.59 Å². The number of primary amides is 1. The monoisotopic (exact) mass is 279 g/mol. The van der Waals surface area contributed by atoms with Gasteiger partial charge >= 0.3 is 0 Å². The van der Waals surface area contributed by atoms with Gasteiger partial charge in [-0.2, -0.15) is 0 Å². The molecule has 0 saturated carbocycles. The number of hydrogen-bond donors (Lipinski definition) is 3. The molecular weight excluding hydrogens is 258 g/mol. The number of ether oxygens (including phenoxy) is 1. The van der Waals surface area contributed by atoms with Crippen LogP contribution in [0.4, 0.5) is 5.69 Å². The van der Waals surface area contributed by atoms with Gasteiger partial charge in [-0.1, -0.05) is 12.1 Å². The SMILES string of the molecule is CC(=O)Nc1cccc(C(C)NCCOCC(N)=O)c1. The summed E-state index contributed by atoms with van der Waals surface area (Å²) in [5.74, 6) is -0.566. The van der Waals surface area contributed by atoms with Crippen molar-refractivity contribution in [3.05, 3.63) is 29.8 Å². The summed E-state index contributed by atoms with van der Waals surface area (Å²) in [5, 5.41) is 6.01. The topological polar surface area (TPSA) is 93.4 Å². The summed E-state index contributed by atoms with van der Waals surface area (Å²) in [4.78, 5) is 21.5. The van der Waals surface area contributed by atoms with Gasteiger partial charge in [0, 0.05) is 25.2 Å². The Hall–Kier alpha value is -1.92. The first-order valence-electron chi connectivity index (χ1n) is 6.46. The minimum atomic E-state index is -0.471. The Morgan fingerprint density at radius 3 is 2.80 bits per heavy atom. The average molecular weight is 279 g/mol. The molecule has 0 fully saturated rings. The van der Waals surface area contributed by atoms with Gasteiger partial charge in [-0.15, -0.1) is 0 Å². The van der Waals surface area contributed by atoms with Gasteiger partial charge in [0.15, 0.2) is 0 Å². The molecule has 1 unspecified atom stereocenters. The molecule has 4 N–H and O–H groups in total. The molecule has 20 heavy (non-hydrogen) atoms. The van der Waals surface area contributed by atoms with E-state index in [2.05, 4.69) is 10.6 Å². The number of amides is 2. The first kappa shape index (κ1) is 16.1. The number of carbonyl (C=O) groups excluding carboxylic acids is 2. The second-order valence-corrected chi connectivity index (χ2v) is 4.50. The van der Waals surface area contributed by atoms with Crippen molar-refractivity contribution in [3.8, 4) is 0 Å². The zero-order valence-corrected chi connectivity index (χ0v) is 11.8. The van der Waals surface area contributed by atoms with Crippen molar-refractivity contribution in [2.24, 2.45) is 5.73 Å². The zero-order chi connectivity index (χ0) is 15.0. The summed E-state index contributed by atoms with van der Waals surface area (Å²) in [6, 6.07) is 7.74. The molecule has 0 radical (unpaired) electrons. The van der Waals surface area contributed by atoms with Gasteiger partial charge in [0.2, 0.25) is 11.8 Å². The van der Waals surface area contributed by atoms with Crippen LogP contribution < -0.4 is 16.4 Å². The number of benzene rings is 1. The largest absolute Gasteiger partial charge is 0.370 e. The van der Waals surface area contributed by atoms with E-state index in [0.717, 1.165) is 11.3 Å². The average Bonchev–Trinajstić information content (AvgIpc) is 2.37. The number of nitrogens with one attached hydrogen (secondary N) is 2. The van der Waals surface area contributed by atoms with Gasteiger partial charge < -0.3 is 21.1 Å². The quantitative estimate of drug-likeness (QED) is 0.613. The third-order valence-electron chi connectivity index (χ3n) is 2.65. The minimum absolute atomic E-state index is 0.0614. The van der Waals surface area contributed by atoms with Crippen LogP contribution in [0.5, 0.6) is 0 Å². The van der Waals surface area contributed by atoms with Crippen LogP contribution in [0.1, 0.15) is 25.5 Å². The van der Waals surface area contributed by atoms with E-state index in [0.29, 0.717) is 13.2 Å². The van der Waals surface area contributed by atoms with Crippen LogP contribution in [0, 0.1) is 0 Å². The third kappa shape index (κ3) is 6.31. The second kappa shape index (κ2) is 8.29. The van der Waals surface area contributed by atoms with Crippen molar-refractivity contribution in [1.82, 2.24) is 5.32 Å². The number of hydrogen-bond acceptors (Lipinski definition) is 4. The van der Waals surface area contributed by atoms with Gasteiger partial charge in [0.1, 0.15) is 6.61 Å². The Bertz CT molecular complexity index is 463. The Labute approximate surface area is 118 Å². The van der Waals surface area contributed by atoms with Crippen LogP contribution in [0.3, 0.4) is 0 Å². The highest BCUT2D eigenvalue weighted by Gasteiger charge is 2.06. The van der Waals surface area contributed by atoms with E-state index in [9.17, 15) is 9.59 Å². The third-order valence-corrected chi connectivity index (χ3v) is 2.65. The first-order chi connectivity index (χ1) is 9.49. The normalized spacial score (nSPS) is 11.9. The lowest BCUT2D eigenvalue weighted by Crippen LogP contribution is -2.26. The van der Waals surface area contributed by atoms with Crippen LogP contribution in [-0.2, 0) is 14.3 Å². The molecule has 0 aliphatic heterocycles. The molecular formula is C14H21N3O3. The summed E-state index contributed by atoms with van der Waals surface area (Å²) in [6.07, 6.45) is 0. The lowest BCUT2D eigenvalue weighted by Gasteiger charge is -2.15. The van der Waals surface area contributed by atoms with Gasteiger partial charge in [0.05, 0.1) is 6.61 Å². The maximum absolute atomic E-state index is 11.0. The van der Waals surface area contributed by atoms with Crippen molar-refractivity contribution < 1.29 is 14.3 Å². The molecule has 2 amide bonds. The smallest absolute Gasteiger partial charge is 0.243 e. The first-order valence-corrected chi connectivity index (χ1v) is 6.46. The van der Waals surface area contributed by atoms with E-state index in [1.165, 1.54) is 6.92 Å². The fourth-order valence-corrected chi connectivity index (χ4v) is 1.73. The van der Waals surface area contributed by atoms with Crippen molar-refractivity contribution in [2.45, 2.75) is 19.9 Å². The summed E-state index contributed by atoms with van der Waals surface area (Å²) < 4.78 is 5.06. The number of rotatable bonds is 8. The molecule has 0 spiro atoms. The molecule has 0 aliphatic rings. The summed E-state index contributed by atoms with van der Waals surface area (Å²) in [7, 11) is 0. The second-order valence-electron chi connectivity index (χ2n) is 4.50. The maximum atomic E-state index is 11.0. The van der Waals surface area contributed by atoms with Gasteiger partial charge in [0.25, 0.3) is 0 Å². The van der Waals surface area contributed by atoms with Crippen LogP contribution in [-0.4, -0.2) is 31.6 Å². The fraction of sp³-hybridized carbons (Fsp3) is 0.429. The van der Waals surface area contributed by atoms with Crippen molar-refractivity contribution in [1.29, 1.82) is 0 Å². The van der Waals surface area contributed by atoms with E-state index in [1.54, 1.807) is 0 Å². The van der Waals surface area contributed by atoms with Crippen molar-refractivity contribution in [2.75, 3.05) is 25.1 Å². The standard InChI is InChI=1S/C14H21N3O3/c1-10(16-6-7-20-9-14(15)19)12-4-3-5-13(8-12)17-11(2)18/h3-5,8,10,16H,6-7,9H2,1-2H3,(H2,15,19)(H,17,18). The molecule has 6 nitrogen and oxygen atoms in total. The molecule has 6 heteroatoms. The highest BCUT2D eigenvalue weighted by atomic mass is 16.5. The summed E-state index contributed by atoms with van der Waals surface area (Å²) >= 11 is 0. The van der Waals surface area contributed by atoms with E-state index in [-0.39, 0.29) is 18.6 Å². The molecule has 1 atom stereocenters. The fourth-order valence-electron chi connectivity index (χ4n) is 1.73. The zero-order valence-electron chi connectivity index (χ0n) is 11.8. The Morgan fingerprint density at radius 1 is 1.40 bits per heavy atom. The number of carbonyl (C=O) groups is 2. The molecule has 1 rings (SSSR count). The minimum Gasteiger partial charge on any atom is -0.370 e. The van der Waals surface area contributed by atoms with E-state index in [1.807, 2.05) is 31.2 Å². The summed E-state index contributed by atoms with van der Waals surface area (Å²) in [5.41, 5.74) is 6.80. The molecule has 0 aromatic heterocycles. The van der Waals surface area contributed by atoms with Gasteiger partial charge in [-0.05, 0) is 24.6 Å². The maximum Gasteiger partial charge on any atom is 0.243 e. The van der Waals surface area contributed by atoms with Crippen LogP contribution in [0.15, 0.2) is 24.3 Å². The molecule has 1 aromatic rings. The van der Waals surface area contributed by atoms with Crippen LogP contribution in [0.2, 0.25) is 0 Å². The highest BCUT2D eigenvalue weighted by molar-refractivity contribution is 5.88. The van der Waals surface area contributed by atoms with Crippen molar-refractivity contribution in [3.63, 3.8) is 0 Å². The van der Waals surface area contributed by atoms with Crippen LogP contribution in [0.25, 0.3) is 0 Å². The Kier molecular flexibility index (Phi) is 6.69. The number of nitrogens with two attached hydrogens (primary N) is 1. The highest BCUT2D eigenvalue weighted by Crippen LogP contribution is 2.17. The molecule has 110 valence electrons. The summed E-state index contributed by atoms with van der Waals surface area (Å²) in [6.45, 7) is 4.46. The van der Waals surface area contributed by atoms with Gasteiger partial charge in [-0.25, -0.2) is 0 Å². The lowest BCUT2D eigenvalue weighted by atomic mass is 10.1.